The molecule has 3 N–H and O–H groups in total. The molecule has 2 aromatic carbocycles. The number of piperidine rings is 1. The van der Waals surface area contributed by atoms with E-state index in [-0.39, 0.29) is 18.7 Å². The number of halogens is 3. The van der Waals surface area contributed by atoms with E-state index >= 15 is 0 Å². The van der Waals surface area contributed by atoms with Crippen LogP contribution in [0.5, 0.6) is 0 Å². The van der Waals surface area contributed by atoms with Crippen LogP contribution in [0.1, 0.15) is 52.0 Å². The Kier molecular flexibility index (Phi) is 9.88. The van der Waals surface area contributed by atoms with Crippen molar-refractivity contribution in [3.8, 4) is 0 Å². The van der Waals surface area contributed by atoms with Crippen LogP contribution in [0.3, 0.4) is 0 Å². The molecule has 1 saturated heterocycles. The summed E-state index contributed by atoms with van der Waals surface area (Å²) in [5, 5.41) is 8.82. The highest BCUT2D eigenvalue weighted by atomic mass is 19.4. The summed E-state index contributed by atoms with van der Waals surface area (Å²) in [7, 11) is 0. The Balaban J connectivity index is 1.36. The fraction of sp³-hybridized carbons (Fsp3) is 0.500. The highest BCUT2D eigenvalue weighted by Crippen LogP contribution is 2.35. The lowest BCUT2D eigenvalue weighted by Crippen LogP contribution is -2.38. The summed E-state index contributed by atoms with van der Waals surface area (Å²) in [5.74, 6) is -1.30. The first-order chi connectivity index (χ1) is 17.9. The minimum Gasteiger partial charge on any atom is -0.444 e. The quantitative estimate of drug-likeness (QED) is 0.337. The van der Waals surface area contributed by atoms with Gasteiger partial charge in [-0.1, -0.05) is 12.1 Å². The van der Waals surface area contributed by atoms with E-state index in [2.05, 4.69) is 16.0 Å². The molecule has 0 radical (unpaired) electrons. The van der Waals surface area contributed by atoms with Crippen molar-refractivity contribution in [2.75, 3.05) is 29.9 Å². The van der Waals surface area contributed by atoms with Gasteiger partial charge in [-0.15, -0.1) is 0 Å². The molecule has 0 saturated carbocycles. The average molecular weight is 535 g/mol. The van der Waals surface area contributed by atoms with Crippen LogP contribution in [-0.4, -0.2) is 43.4 Å². The van der Waals surface area contributed by atoms with E-state index in [4.69, 9.17) is 4.74 Å². The van der Waals surface area contributed by atoms with Crippen LogP contribution in [0.2, 0.25) is 0 Å². The van der Waals surface area contributed by atoms with E-state index in [1.54, 1.807) is 20.8 Å². The Morgan fingerprint density at radius 2 is 1.50 bits per heavy atom. The maximum absolute atomic E-state index is 12.9. The zero-order chi connectivity index (χ0) is 27.8. The monoisotopic (exact) mass is 534 g/mol. The number of carbonyl (C=O) groups excluding carboxylic acids is 2. The summed E-state index contributed by atoms with van der Waals surface area (Å²) in [6.07, 6.45) is -3.54. The van der Waals surface area contributed by atoms with E-state index in [1.165, 1.54) is 0 Å². The number of nitrogens with one attached hydrogen (secondary N) is 3. The number of carbonyl (C=O) groups is 2. The molecule has 0 unspecified atom stereocenters. The van der Waals surface area contributed by atoms with Gasteiger partial charge < -0.3 is 25.6 Å². The first kappa shape index (κ1) is 29.1. The Labute approximate surface area is 222 Å². The highest BCUT2D eigenvalue weighted by Gasteiger charge is 2.41. The molecule has 1 aliphatic heterocycles. The van der Waals surface area contributed by atoms with Crippen molar-refractivity contribution in [1.29, 1.82) is 0 Å². The fourth-order valence-corrected chi connectivity index (χ4v) is 4.14. The Hall–Kier alpha value is -3.43. The predicted octanol–water partition coefficient (Wildman–Crippen LogP) is 6.13. The first-order valence-electron chi connectivity index (χ1n) is 12.9. The van der Waals surface area contributed by atoms with Crippen molar-refractivity contribution in [3.63, 3.8) is 0 Å². The number of alkyl carbamates (subject to hydrolysis) is 1. The van der Waals surface area contributed by atoms with Gasteiger partial charge in [-0.3, -0.25) is 4.79 Å². The Morgan fingerprint density at radius 3 is 2.05 bits per heavy atom. The van der Waals surface area contributed by atoms with E-state index in [1.807, 2.05) is 53.4 Å². The summed E-state index contributed by atoms with van der Waals surface area (Å²) in [6.45, 7) is 6.93. The lowest BCUT2D eigenvalue weighted by atomic mass is 9.96. The van der Waals surface area contributed by atoms with Crippen molar-refractivity contribution in [2.24, 2.45) is 5.92 Å². The number of amides is 2. The molecule has 0 aliphatic carbocycles. The van der Waals surface area contributed by atoms with E-state index in [9.17, 15) is 22.8 Å². The van der Waals surface area contributed by atoms with Crippen LogP contribution in [0.15, 0.2) is 48.5 Å². The lowest BCUT2D eigenvalue weighted by Gasteiger charge is -2.34. The Bertz CT molecular complexity index is 1040. The second-order valence-corrected chi connectivity index (χ2v) is 10.5. The number of alkyl halides is 3. The minimum absolute atomic E-state index is 0.0964. The molecule has 0 atom stereocenters. The number of benzene rings is 2. The number of hydrogen-bond donors (Lipinski definition) is 3. The molecule has 2 aromatic rings. The maximum atomic E-state index is 12.9. The molecule has 7 nitrogen and oxygen atoms in total. The van der Waals surface area contributed by atoms with Gasteiger partial charge in [-0.25, -0.2) is 4.79 Å². The topological polar surface area (TPSA) is 82.7 Å². The zero-order valence-corrected chi connectivity index (χ0v) is 22.2. The first-order valence-corrected chi connectivity index (χ1v) is 12.9. The molecule has 38 heavy (non-hydrogen) atoms. The summed E-state index contributed by atoms with van der Waals surface area (Å²) in [4.78, 5) is 25.7. The molecule has 1 heterocycles. The number of anilines is 3. The third-order valence-corrected chi connectivity index (χ3v) is 6.17. The van der Waals surface area contributed by atoms with Gasteiger partial charge in [0, 0.05) is 49.7 Å². The van der Waals surface area contributed by atoms with Gasteiger partial charge in [0.05, 0.1) is 5.92 Å². The smallest absolute Gasteiger partial charge is 0.407 e. The van der Waals surface area contributed by atoms with Gasteiger partial charge in [0.2, 0.25) is 5.91 Å². The SMILES string of the molecule is CC(C)(C)OC(=O)NCCCC(=O)NCc1ccc(Nc2ccc(N3CCC(C(F)(F)F)CC3)cc2)cc1. The van der Waals surface area contributed by atoms with Crippen LogP contribution in [0, 0.1) is 5.92 Å². The third-order valence-electron chi connectivity index (χ3n) is 6.17. The van der Waals surface area contributed by atoms with Gasteiger partial charge in [0.1, 0.15) is 5.60 Å². The molecule has 3 rings (SSSR count). The van der Waals surface area contributed by atoms with Crippen LogP contribution in [0.4, 0.5) is 35.0 Å². The largest absolute Gasteiger partial charge is 0.444 e. The van der Waals surface area contributed by atoms with Crippen LogP contribution >= 0.6 is 0 Å². The molecule has 0 bridgehead atoms. The lowest BCUT2D eigenvalue weighted by molar-refractivity contribution is -0.179. The normalized spacial score (nSPS) is 14.6. The Morgan fingerprint density at radius 1 is 0.921 bits per heavy atom. The van der Waals surface area contributed by atoms with Crippen LogP contribution in [0.25, 0.3) is 0 Å². The molecule has 0 spiro atoms. The van der Waals surface area contributed by atoms with Gasteiger partial charge in [-0.05, 0) is 82.0 Å². The molecule has 1 fully saturated rings. The summed E-state index contributed by atoms with van der Waals surface area (Å²) in [5.41, 5.74) is 3.07. The number of nitrogens with zero attached hydrogens (tertiary/aromatic N) is 1. The van der Waals surface area contributed by atoms with E-state index in [0.717, 1.165) is 22.6 Å². The third kappa shape index (κ3) is 9.79. The van der Waals surface area contributed by atoms with Gasteiger partial charge in [0.25, 0.3) is 0 Å². The van der Waals surface area contributed by atoms with Gasteiger partial charge in [0.15, 0.2) is 0 Å². The van der Waals surface area contributed by atoms with Crippen molar-refractivity contribution in [2.45, 2.75) is 64.8 Å². The van der Waals surface area contributed by atoms with Gasteiger partial charge >= 0.3 is 12.3 Å². The van der Waals surface area contributed by atoms with Crippen molar-refractivity contribution in [1.82, 2.24) is 10.6 Å². The van der Waals surface area contributed by atoms with Crippen LogP contribution < -0.4 is 20.9 Å². The highest BCUT2D eigenvalue weighted by molar-refractivity contribution is 5.76. The van der Waals surface area contributed by atoms with E-state index < -0.39 is 23.8 Å². The maximum Gasteiger partial charge on any atom is 0.407 e. The van der Waals surface area contributed by atoms with Gasteiger partial charge in [-0.2, -0.15) is 13.2 Å². The van der Waals surface area contributed by atoms with E-state index in [0.29, 0.717) is 39.0 Å². The molecule has 0 aromatic heterocycles. The minimum atomic E-state index is -4.11. The van der Waals surface area contributed by atoms with Crippen molar-refractivity contribution < 1.29 is 27.5 Å². The number of ether oxygens (including phenoxy) is 1. The number of rotatable bonds is 9. The number of hydrogen-bond acceptors (Lipinski definition) is 5. The van der Waals surface area contributed by atoms with Crippen molar-refractivity contribution >= 4 is 29.1 Å². The molecule has 10 heteroatoms. The average Bonchev–Trinajstić information content (AvgIpc) is 2.85. The fourth-order valence-electron chi connectivity index (χ4n) is 4.14. The van der Waals surface area contributed by atoms with Crippen LogP contribution in [-0.2, 0) is 16.1 Å². The standard InChI is InChI=1S/C28H37F3N4O3/c1-27(2,3)38-26(37)32-16-4-5-25(36)33-19-20-6-8-22(9-7-20)34-23-10-12-24(13-11-23)35-17-14-21(15-18-35)28(29,30)31/h6-13,21,34H,4-5,14-19H2,1-3H3,(H,32,37)(H,33,36). The molecule has 208 valence electrons. The summed E-state index contributed by atoms with van der Waals surface area (Å²) < 4.78 is 43.8. The second-order valence-electron chi connectivity index (χ2n) is 10.5. The van der Waals surface area contributed by atoms with Crippen molar-refractivity contribution in [3.05, 3.63) is 54.1 Å². The molecule has 1 aliphatic rings. The summed E-state index contributed by atoms with van der Waals surface area (Å²) in [6, 6.07) is 15.3. The molecule has 2 amide bonds. The molecular formula is C28H37F3N4O3. The zero-order valence-electron chi connectivity index (χ0n) is 22.2. The second kappa shape index (κ2) is 12.9. The molecular weight excluding hydrogens is 497 g/mol. The predicted molar refractivity (Wildman–Crippen MR) is 142 cm³/mol. The summed E-state index contributed by atoms with van der Waals surface area (Å²) >= 11 is 0.